The van der Waals surface area contributed by atoms with Crippen molar-refractivity contribution in [3.05, 3.63) is 10.6 Å². The third-order valence-corrected chi connectivity index (χ3v) is 5.02. The SMILES string of the molecule is COC1CCN(c2nc3c(s2)C(N)CCC3)C1. The van der Waals surface area contributed by atoms with Gasteiger partial charge in [-0.1, -0.05) is 11.3 Å². The van der Waals surface area contributed by atoms with Gasteiger partial charge in [0.15, 0.2) is 5.13 Å². The van der Waals surface area contributed by atoms with Crippen LogP contribution in [0.15, 0.2) is 0 Å². The van der Waals surface area contributed by atoms with Crippen LogP contribution in [0.5, 0.6) is 0 Å². The van der Waals surface area contributed by atoms with Gasteiger partial charge in [0.05, 0.1) is 11.8 Å². The van der Waals surface area contributed by atoms with Crippen LogP contribution in [0.3, 0.4) is 0 Å². The Morgan fingerprint density at radius 1 is 1.47 bits per heavy atom. The number of hydrogen-bond donors (Lipinski definition) is 1. The topological polar surface area (TPSA) is 51.4 Å². The van der Waals surface area contributed by atoms with E-state index in [-0.39, 0.29) is 6.04 Å². The lowest BCUT2D eigenvalue weighted by atomic mass is 9.99. The second-order valence-corrected chi connectivity index (χ2v) is 5.91. The number of rotatable bonds is 2. The zero-order valence-electron chi connectivity index (χ0n) is 10.2. The van der Waals surface area contributed by atoms with Gasteiger partial charge in [-0.25, -0.2) is 4.98 Å². The molecular formula is C12H19N3OS. The molecule has 3 rings (SSSR count). The van der Waals surface area contributed by atoms with Crippen LogP contribution in [0, 0.1) is 0 Å². The maximum Gasteiger partial charge on any atom is 0.185 e. The number of thiazole rings is 1. The highest BCUT2D eigenvalue weighted by Gasteiger charge is 2.28. The third kappa shape index (κ3) is 2.07. The average molecular weight is 253 g/mol. The lowest BCUT2D eigenvalue weighted by Crippen LogP contribution is -2.21. The lowest BCUT2D eigenvalue weighted by Gasteiger charge is -2.15. The average Bonchev–Trinajstić information content (AvgIpc) is 2.95. The summed E-state index contributed by atoms with van der Waals surface area (Å²) in [4.78, 5) is 8.41. The molecule has 1 aliphatic carbocycles. The van der Waals surface area contributed by atoms with Crippen molar-refractivity contribution in [2.75, 3.05) is 25.1 Å². The van der Waals surface area contributed by atoms with Crippen LogP contribution in [0.25, 0.3) is 0 Å². The predicted molar refractivity (Wildman–Crippen MR) is 69.6 cm³/mol. The minimum Gasteiger partial charge on any atom is -0.380 e. The minimum atomic E-state index is 0.214. The molecule has 1 saturated heterocycles. The number of ether oxygens (including phenoxy) is 1. The van der Waals surface area contributed by atoms with Crippen LogP contribution in [0.4, 0.5) is 5.13 Å². The number of aryl methyl sites for hydroxylation is 1. The fourth-order valence-electron chi connectivity index (χ4n) is 2.67. The van der Waals surface area contributed by atoms with Crippen molar-refractivity contribution in [2.45, 2.75) is 37.8 Å². The monoisotopic (exact) mass is 253 g/mol. The molecule has 0 spiro atoms. The van der Waals surface area contributed by atoms with Gasteiger partial charge < -0.3 is 15.4 Å². The molecule has 2 N–H and O–H groups in total. The fourth-order valence-corrected chi connectivity index (χ4v) is 3.85. The molecule has 5 heteroatoms. The van der Waals surface area contributed by atoms with E-state index in [1.807, 2.05) is 0 Å². The predicted octanol–water partition coefficient (Wildman–Crippen LogP) is 1.70. The molecule has 1 aromatic heterocycles. The summed E-state index contributed by atoms with van der Waals surface area (Å²) in [7, 11) is 1.79. The quantitative estimate of drug-likeness (QED) is 0.871. The summed E-state index contributed by atoms with van der Waals surface area (Å²) < 4.78 is 5.40. The number of nitrogens with zero attached hydrogens (tertiary/aromatic N) is 2. The van der Waals surface area contributed by atoms with Gasteiger partial charge >= 0.3 is 0 Å². The molecule has 1 aliphatic heterocycles. The lowest BCUT2D eigenvalue weighted by molar-refractivity contribution is 0.121. The molecular weight excluding hydrogens is 234 g/mol. The summed E-state index contributed by atoms with van der Waals surface area (Å²) in [6.07, 6.45) is 4.85. The maximum absolute atomic E-state index is 6.14. The first-order chi connectivity index (χ1) is 8.28. The first-order valence-electron chi connectivity index (χ1n) is 6.31. The number of methoxy groups -OCH3 is 1. The number of aromatic nitrogens is 1. The van der Waals surface area contributed by atoms with Gasteiger partial charge in [-0.15, -0.1) is 0 Å². The standard InChI is InChI=1S/C12H19N3OS/c1-16-8-5-6-15(7-8)12-14-10-4-2-3-9(13)11(10)17-12/h8-9H,2-7,13H2,1H3. The highest BCUT2D eigenvalue weighted by atomic mass is 32.1. The van der Waals surface area contributed by atoms with Crippen LogP contribution < -0.4 is 10.6 Å². The van der Waals surface area contributed by atoms with E-state index in [9.17, 15) is 0 Å². The summed E-state index contributed by atoms with van der Waals surface area (Å²) in [6, 6.07) is 0.214. The molecule has 2 heterocycles. The molecule has 1 fully saturated rings. The van der Waals surface area contributed by atoms with E-state index >= 15 is 0 Å². The van der Waals surface area contributed by atoms with Gasteiger partial charge in [-0.2, -0.15) is 0 Å². The molecule has 0 bridgehead atoms. The van der Waals surface area contributed by atoms with Crippen molar-refractivity contribution in [1.29, 1.82) is 0 Å². The summed E-state index contributed by atoms with van der Waals surface area (Å²) in [6.45, 7) is 2.03. The van der Waals surface area contributed by atoms with Crippen LogP contribution >= 0.6 is 11.3 Å². The largest absolute Gasteiger partial charge is 0.380 e. The van der Waals surface area contributed by atoms with Crippen LogP contribution in [-0.2, 0) is 11.2 Å². The van der Waals surface area contributed by atoms with Crippen LogP contribution in [-0.4, -0.2) is 31.3 Å². The van der Waals surface area contributed by atoms with Crippen molar-refractivity contribution in [3.63, 3.8) is 0 Å². The molecule has 0 amide bonds. The number of nitrogens with two attached hydrogens (primary N) is 1. The summed E-state index contributed by atoms with van der Waals surface area (Å²) >= 11 is 1.79. The van der Waals surface area contributed by atoms with Gasteiger partial charge in [0.2, 0.25) is 0 Å². The number of anilines is 1. The van der Waals surface area contributed by atoms with E-state index < -0.39 is 0 Å². The summed E-state index contributed by atoms with van der Waals surface area (Å²) in [5.41, 5.74) is 7.38. The Kier molecular flexibility index (Phi) is 3.06. The third-order valence-electron chi connectivity index (χ3n) is 3.73. The van der Waals surface area contributed by atoms with Gasteiger partial charge in [-0.3, -0.25) is 0 Å². The van der Waals surface area contributed by atoms with Crippen LogP contribution in [0.2, 0.25) is 0 Å². The Morgan fingerprint density at radius 3 is 3.06 bits per heavy atom. The van der Waals surface area contributed by atoms with Crippen LogP contribution in [0.1, 0.15) is 35.9 Å². The Morgan fingerprint density at radius 2 is 2.35 bits per heavy atom. The molecule has 2 aliphatic rings. The Bertz CT molecular complexity index is 406. The van der Waals surface area contributed by atoms with E-state index in [2.05, 4.69) is 4.90 Å². The Balaban J connectivity index is 1.80. The molecule has 0 saturated carbocycles. The zero-order valence-corrected chi connectivity index (χ0v) is 11.0. The highest BCUT2D eigenvalue weighted by Crippen LogP contribution is 2.37. The van der Waals surface area contributed by atoms with E-state index in [0.29, 0.717) is 6.10 Å². The fraction of sp³-hybridized carbons (Fsp3) is 0.750. The summed E-state index contributed by atoms with van der Waals surface area (Å²) in [5, 5.41) is 1.15. The first-order valence-corrected chi connectivity index (χ1v) is 7.12. The van der Waals surface area contributed by atoms with Crippen molar-refractivity contribution < 1.29 is 4.74 Å². The Labute approximate surface area is 106 Å². The van der Waals surface area contributed by atoms with Crippen molar-refractivity contribution in [3.8, 4) is 0 Å². The number of fused-ring (bicyclic) bond motifs is 1. The first kappa shape index (κ1) is 11.4. The highest BCUT2D eigenvalue weighted by molar-refractivity contribution is 7.15. The van der Waals surface area contributed by atoms with Gasteiger partial charge in [0, 0.05) is 31.1 Å². The Hall–Kier alpha value is -0.650. The second-order valence-electron chi connectivity index (χ2n) is 4.90. The van der Waals surface area contributed by atoms with E-state index in [1.54, 1.807) is 18.4 Å². The van der Waals surface area contributed by atoms with Gasteiger partial charge in [0.25, 0.3) is 0 Å². The van der Waals surface area contributed by atoms with E-state index in [0.717, 1.165) is 37.5 Å². The van der Waals surface area contributed by atoms with E-state index in [1.165, 1.54) is 17.0 Å². The molecule has 17 heavy (non-hydrogen) atoms. The molecule has 0 radical (unpaired) electrons. The molecule has 94 valence electrons. The van der Waals surface area contributed by atoms with Gasteiger partial charge in [0.1, 0.15) is 0 Å². The second kappa shape index (κ2) is 4.55. The molecule has 4 nitrogen and oxygen atoms in total. The number of hydrogen-bond acceptors (Lipinski definition) is 5. The smallest absolute Gasteiger partial charge is 0.185 e. The molecule has 2 atom stereocenters. The van der Waals surface area contributed by atoms with Crippen molar-refractivity contribution >= 4 is 16.5 Å². The molecule has 1 aromatic rings. The van der Waals surface area contributed by atoms with Crippen molar-refractivity contribution in [1.82, 2.24) is 4.98 Å². The zero-order chi connectivity index (χ0) is 11.8. The normalized spacial score (nSPS) is 28.5. The van der Waals surface area contributed by atoms with E-state index in [4.69, 9.17) is 15.5 Å². The molecule has 0 aromatic carbocycles. The maximum atomic E-state index is 6.14. The van der Waals surface area contributed by atoms with Crippen molar-refractivity contribution in [2.24, 2.45) is 5.73 Å². The van der Waals surface area contributed by atoms with Gasteiger partial charge in [-0.05, 0) is 25.7 Å². The minimum absolute atomic E-state index is 0.214. The molecule has 2 unspecified atom stereocenters. The summed E-state index contributed by atoms with van der Waals surface area (Å²) in [5.74, 6) is 0.